The van der Waals surface area contributed by atoms with Gasteiger partial charge in [0.15, 0.2) is 17.2 Å². The SMILES string of the molecule is Cc1ccc(S(=O)(=O)OCCOCCOCCOCCN=[N+]=[N-])cc1.Oc1cccnc1F.[N-]=[N+]=NCCOCCOCCOCCOc1cccnc1F.[N-]=[N+]=NCCOCCOCCOCCOc1cccnc1F. The van der Waals surface area contributed by atoms with Gasteiger partial charge in [-0.2, -0.15) is 21.6 Å². The van der Waals surface area contributed by atoms with Gasteiger partial charge in [0.25, 0.3) is 28.0 Å². The van der Waals surface area contributed by atoms with Crippen LogP contribution in [0.4, 0.5) is 13.2 Å². The molecule has 4 aromatic rings. The van der Waals surface area contributed by atoms with Crippen LogP contribution in [0, 0.1) is 24.8 Å². The molecule has 1 N–H and O–H groups in total. The third-order valence-electron chi connectivity index (χ3n) is 8.36. The Morgan fingerprint density at radius 1 is 0.455 bits per heavy atom. The third-order valence-corrected chi connectivity index (χ3v) is 9.69. The zero-order chi connectivity index (χ0) is 56.1. The molecule has 426 valence electrons. The van der Waals surface area contributed by atoms with Crippen LogP contribution in [0.3, 0.4) is 0 Å². The summed E-state index contributed by atoms with van der Waals surface area (Å²) in [7, 11) is -3.75. The maximum Gasteiger partial charge on any atom is 0.297 e. The molecule has 0 atom stereocenters. The van der Waals surface area contributed by atoms with Gasteiger partial charge >= 0.3 is 0 Å². The molecule has 0 radical (unpaired) electrons. The Hall–Kier alpha value is -6.66. The fourth-order valence-corrected chi connectivity index (χ4v) is 5.70. The van der Waals surface area contributed by atoms with Gasteiger partial charge in [-0.25, -0.2) is 15.0 Å². The summed E-state index contributed by atoms with van der Waals surface area (Å²) in [5, 5.41) is 18.5. The van der Waals surface area contributed by atoms with E-state index in [0.717, 1.165) is 5.56 Å². The summed E-state index contributed by atoms with van der Waals surface area (Å²) in [6, 6.07) is 15.3. The number of halogens is 3. The van der Waals surface area contributed by atoms with Crippen LogP contribution in [0.1, 0.15) is 5.56 Å². The van der Waals surface area contributed by atoms with E-state index in [1.54, 1.807) is 24.3 Å². The smallest absolute Gasteiger partial charge is 0.297 e. The summed E-state index contributed by atoms with van der Waals surface area (Å²) >= 11 is 0. The standard InChI is InChI=1S/C15H23N3O6S.2C13H19FN4O4.C5H4FNO/c1-14-2-4-15(5-3-14)25(19,20)24-13-12-23-11-10-22-9-8-21-7-6-17-18-16;2*14-13-12(2-1-3-16-13)22-11-10-21-9-8-20-7-6-19-5-4-17-18-15;6-5-4(8)2-1-3-7-5/h2-5H,6-13H2,1H3;2*1-3H,4-11H2;1-3,8H. The van der Waals surface area contributed by atoms with Crippen LogP contribution in [0.2, 0.25) is 0 Å². The van der Waals surface area contributed by atoms with E-state index < -0.39 is 33.7 Å². The van der Waals surface area contributed by atoms with Crippen molar-refractivity contribution >= 4 is 10.1 Å². The molecule has 0 amide bonds. The maximum atomic E-state index is 13.1. The zero-order valence-electron chi connectivity index (χ0n) is 42.5. The number of ether oxygens (including phenoxy) is 11. The number of aromatic hydroxyl groups is 1. The normalized spacial score (nSPS) is 10.4. The van der Waals surface area contributed by atoms with Crippen LogP contribution >= 0.6 is 0 Å². The van der Waals surface area contributed by atoms with Crippen LogP contribution in [0.25, 0.3) is 31.3 Å². The van der Waals surface area contributed by atoms with Gasteiger partial charge in [-0.15, -0.1) is 0 Å². The second-order valence-corrected chi connectivity index (χ2v) is 15.7. The zero-order valence-corrected chi connectivity index (χ0v) is 43.4. The number of hydrogen-bond donors (Lipinski definition) is 1. The Kier molecular flexibility index (Phi) is 43.5. The molecule has 1 aromatic carbocycles. The quantitative estimate of drug-likeness (QED) is 0.0118. The number of aryl methyl sites for hydroxylation is 1. The van der Waals surface area contributed by atoms with Gasteiger partial charge in [0.1, 0.15) is 13.2 Å². The molecule has 0 spiro atoms. The van der Waals surface area contributed by atoms with Crippen molar-refractivity contribution in [2.24, 2.45) is 15.3 Å². The molecule has 0 aliphatic heterocycles. The lowest BCUT2D eigenvalue weighted by Gasteiger charge is -2.08. The van der Waals surface area contributed by atoms with Gasteiger partial charge in [0, 0.05) is 53.0 Å². The number of pyridine rings is 3. The molecule has 0 saturated carbocycles. The van der Waals surface area contributed by atoms with E-state index in [9.17, 15) is 21.6 Å². The van der Waals surface area contributed by atoms with Gasteiger partial charge < -0.3 is 57.2 Å². The molecule has 31 heteroatoms. The first kappa shape index (κ1) is 68.4. The van der Waals surface area contributed by atoms with Crippen LogP contribution in [0.5, 0.6) is 17.2 Å². The van der Waals surface area contributed by atoms with Gasteiger partial charge in [-0.1, -0.05) is 33.0 Å². The minimum Gasteiger partial charge on any atom is -0.504 e. The number of azide groups is 3. The Morgan fingerprint density at radius 3 is 1.08 bits per heavy atom. The lowest BCUT2D eigenvalue weighted by Crippen LogP contribution is -2.14. The summed E-state index contributed by atoms with van der Waals surface area (Å²) < 4.78 is 124. The molecule has 77 heavy (non-hydrogen) atoms. The minimum atomic E-state index is -3.75. The lowest BCUT2D eigenvalue weighted by molar-refractivity contribution is 0.0103. The van der Waals surface area contributed by atoms with Gasteiger partial charge in [0.2, 0.25) is 0 Å². The van der Waals surface area contributed by atoms with Crippen LogP contribution in [-0.4, -0.2) is 187 Å². The van der Waals surface area contributed by atoms with Gasteiger partial charge in [-0.3, -0.25) is 4.18 Å². The summed E-state index contributed by atoms with van der Waals surface area (Å²) in [5.74, 6) is -2.28. The van der Waals surface area contributed by atoms with E-state index in [-0.39, 0.29) is 42.8 Å². The van der Waals surface area contributed by atoms with E-state index in [2.05, 4.69) is 45.0 Å². The third kappa shape index (κ3) is 40.3. The largest absolute Gasteiger partial charge is 0.504 e. The number of hydrogen-bond acceptors (Lipinski definition) is 21. The van der Waals surface area contributed by atoms with Crippen molar-refractivity contribution in [3.8, 4) is 17.2 Å². The molecule has 3 heterocycles. The highest BCUT2D eigenvalue weighted by atomic mass is 32.2. The molecule has 0 unspecified atom stereocenters. The summed E-state index contributed by atoms with van der Waals surface area (Å²) in [4.78, 5) is 18.0. The van der Waals surface area contributed by atoms with Crippen LogP contribution < -0.4 is 9.47 Å². The molecule has 3 aromatic heterocycles. The molecule has 0 bridgehead atoms. The van der Waals surface area contributed by atoms with E-state index in [0.29, 0.717) is 132 Å². The van der Waals surface area contributed by atoms with E-state index >= 15 is 0 Å². The van der Waals surface area contributed by atoms with Crippen LogP contribution in [-0.2, 0) is 56.9 Å². The summed E-state index contributed by atoms with van der Waals surface area (Å²) in [6.07, 6.45) is 3.99. The average molecular weight is 1120 g/mol. The molecule has 0 saturated heterocycles. The number of aromatic nitrogens is 3. The average Bonchev–Trinajstić information content (AvgIpc) is 3.43. The monoisotopic (exact) mass is 1110 g/mol. The molecule has 0 aliphatic rings. The predicted octanol–water partition coefficient (Wildman–Crippen LogP) is 6.91. The van der Waals surface area contributed by atoms with Gasteiger partial charge in [0.05, 0.1) is 130 Å². The fourth-order valence-electron chi connectivity index (χ4n) is 4.81. The fraction of sp³-hybridized carbons (Fsp3) is 0.543. The first-order chi connectivity index (χ1) is 37.5. The molecule has 0 fully saturated rings. The Labute approximate surface area is 443 Å². The lowest BCUT2D eigenvalue weighted by atomic mass is 10.2. The van der Waals surface area contributed by atoms with E-state index in [4.69, 9.17) is 78.0 Å². The van der Waals surface area contributed by atoms with Crippen LogP contribution in [0.15, 0.2) is 99.5 Å². The van der Waals surface area contributed by atoms with Crippen molar-refractivity contribution in [3.05, 3.63) is 134 Å². The summed E-state index contributed by atoms with van der Waals surface area (Å²) in [5.41, 5.74) is 25.1. The predicted molar refractivity (Wildman–Crippen MR) is 269 cm³/mol. The van der Waals surface area contributed by atoms with E-state index in [1.807, 2.05) is 6.92 Å². The molecule has 27 nitrogen and oxygen atoms in total. The van der Waals surface area contributed by atoms with E-state index in [1.165, 1.54) is 55.0 Å². The first-order valence-corrected chi connectivity index (χ1v) is 24.9. The second kappa shape index (κ2) is 48.9. The molecular weight excluding hydrogens is 1050 g/mol. The number of nitrogens with zero attached hydrogens (tertiary/aromatic N) is 12. The van der Waals surface area contributed by atoms with Crippen molar-refractivity contribution in [1.82, 2.24) is 15.0 Å². The highest BCUT2D eigenvalue weighted by molar-refractivity contribution is 7.86. The highest BCUT2D eigenvalue weighted by Gasteiger charge is 2.14. The topological polar surface area (TPSA) is 350 Å². The maximum absolute atomic E-state index is 13.1. The Morgan fingerprint density at radius 2 is 0.766 bits per heavy atom. The van der Waals surface area contributed by atoms with Crippen molar-refractivity contribution in [2.75, 3.05) is 158 Å². The van der Waals surface area contributed by atoms with Gasteiger partial charge in [-0.05, 0) is 72.0 Å². The van der Waals surface area contributed by atoms with Crippen molar-refractivity contribution in [1.29, 1.82) is 0 Å². The van der Waals surface area contributed by atoms with Crippen molar-refractivity contribution < 1.29 is 83.0 Å². The molecular formula is C46H65F3N12O15S. The van der Waals surface area contributed by atoms with Crippen molar-refractivity contribution in [3.63, 3.8) is 0 Å². The second-order valence-electron chi connectivity index (χ2n) is 14.1. The number of rotatable bonds is 40. The summed E-state index contributed by atoms with van der Waals surface area (Å²) in [6.45, 7) is 10.1. The molecule has 0 aliphatic carbocycles. The van der Waals surface area contributed by atoms with Crippen molar-refractivity contribution in [2.45, 2.75) is 11.8 Å². The first-order valence-electron chi connectivity index (χ1n) is 23.5. The molecule has 4 rings (SSSR count). The highest BCUT2D eigenvalue weighted by Crippen LogP contribution is 2.15. The Balaban J connectivity index is 0.000000538. The minimum absolute atomic E-state index is 0.0568. The number of benzene rings is 1. The Bertz CT molecular complexity index is 2260.